The molecule has 2 aromatic carbocycles. The van der Waals surface area contributed by atoms with E-state index in [1.165, 1.54) is 11.1 Å². The SMILES string of the molecule is Cc1cc(C)cc(CS(=O)Cc2cccc(N)c2)c1. The third kappa shape index (κ3) is 4.21. The normalized spacial score (nSPS) is 12.3. The lowest BCUT2D eigenvalue weighted by molar-refractivity contribution is 0.682. The molecule has 0 aliphatic carbocycles. The monoisotopic (exact) mass is 273 g/mol. The van der Waals surface area contributed by atoms with Crippen LogP contribution in [-0.4, -0.2) is 4.21 Å². The highest BCUT2D eigenvalue weighted by Gasteiger charge is 2.05. The molecule has 0 aliphatic heterocycles. The fourth-order valence-corrected chi connectivity index (χ4v) is 3.45. The molecule has 1 atom stereocenters. The fourth-order valence-electron chi connectivity index (χ4n) is 2.26. The number of hydrogen-bond acceptors (Lipinski definition) is 2. The number of rotatable bonds is 4. The molecule has 2 aromatic rings. The Hall–Kier alpha value is -1.61. The van der Waals surface area contributed by atoms with E-state index in [4.69, 9.17) is 5.73 Å². The molecule has 2 rings (SSSR count). The van der Waals surface area contributed by atoms with Gasteiger partial charge in [0.2, 0.25) is 0 Å². The van der Waals surface area contributed by atoms with Gasteiger partial charge < -0.3 is 5.73 Å². The van der Waals surface area contributed by atoms with Crippen molar-refractivity contribution in [1.82, 2.24) is 0 Å². The van der Waals surface area contributed by atoms with E-state index >= 15 is 0 Å². The minimum atomic E-state index is -0.902. The predicted octanol–water partition coefficient (Wildman–Crippen LogP) is 3.33. The van der Waals surface area contributed by atoms with E-state index in [0.29, 0.717) is 11.5 Å². The zero-order valence-electron chi connectivity index (χ0n) is 11.3. The van der Waals surface area contributed by atoms with Crippen LogP contribution in [0, 0.1) is 13.8 Å². The maximum absolute atomic E-state index is 12.2. The standard InChI is InChI=1S/C16H19NOS/c1-12-6-13(2)8-15(7-12)11-19(18)10-14-4-3-5-16(17)9-14/h3-9H,10-11,17H2,1-2H3. The lowest BCUT2D eigenvalue weighted by Gasteiger charge is -2.06. The van der Waals surface area contributed by atoms with Crippen molar-refractivity contribution in [2.24, 2.45) is 0 Å². The molecule has 1 unspecified atom stereocenters. The third-order valence-corrected chi connectivity index (χ3v) is 4.20. The zero-order valence-corrected chi connectivity index (χ0v) is 12.2. The Labute approximate surface area is 117 Å². The summed E-state index contributed by atoms with van der Waals surface area (Å²) in [4.78, 5) is 0. The minimum Gasteiger partial charge on any atom is -0.399 e. The smallest absolute Gasteiger partial charge is 0.0489 e. The Morgan fingerprint density at radius 1 is 0.947 bits per heavy atom. The minimum absolute atomic E-state index is 0.554. The topological polar surface area (TPSA) is 43.1 Å². The summed E-state index contributed by atoms with van der Waals surface area (Å²) in [6.45, 7) is 4.13. The molecule has 0 aliphatic rings. The molecule has 0 saturated carbocycles. The van der Waals surface area contributed by atoms with Crippen LogP contribution >= 0.6 is 0 Å². The largest absolute Gasteiger partial charge is 0.399 e. The van der Waals surface area contributed by atoms with Crippen molar-refractivity contribution in [1.29, 1.82) is 0 Å². The lowest BCUT2D eigenvalue weighted by atomic mass is 10.1. The number of nitrogens with two attached hydrogens (primary N) is 1. The molecule has 19 heavy (non-hydrogen) atoms. The summed E-state index contributed by atoms with van der Waals surface area (Å²) < 4.78 is 12.2. The van der Waals surface area contributed by atoms with E-state index < -0.39 is 10.8 Å². The summed E-state index contributed by atoms with van der Waals surface area (Å²) in [5.41, 5.74) is 11.1. The molecule has 0 heterocycles. The van der Waals surface area contributed by atoms with Crippen LogP contribution in [-0.2, 0) is 22.3 Å². The van der Waals surface area contributed by atoms with Crippen molar-refractivity contribution in [2.75, 3.05) is 5.73 Å². The first-order valence-electron chi connectivity index (χ1n) is 6.29. The molecule has 0 fully saturated rings. The van der Waals surface area contributed by atoms with Crippen LogP contribution in [0.4, 0.5) is 5.69 Å². The van der Waals surface area contributed by atoms with E-state index in [1.54, 1.807) is 0 Å². The number of anilines is 1. The second-order valence-corrected chi connectivity index (χ2v) is 6.43. The molecule has 0 bridgehead atoms. The highest BCUT2D eigenvalue weighted by Crippen LogP contribution is 2.14. The van der Waals surface area contributed by atoms with Gasteiger partial charge in [-0.2, -0.15) is 0 Å². The van der Waals surface area contributed by atoms with Gasteiger partial charge in [0.25, 0.3) is 0 Å². The van der Waals surface area contributed by atoms with Crippen LogP contribution < -0.4 is 5.73 Å². The van der Waals surface area contributed by atoms with Gasteiger partial charge in [0.15, 0.2) is 0 Å². The van der Waals surface area contributed by atoms with Crippen LogP contribution in [0.1, 0.15) is 22.3 Å². The first-order chi connectivity index (χ1) is 9.02. The molecule has 2 nitrogen and oxygen atoms in total. The van der Waals surface area contributed by atoms with Crippen LogP contribution in [0.15, 0.2) is 42.5 Å². The van der Waals surface area contributed by atoms with Crippen molar-refractivity contribution >= 4 is 16.5 Å². The summed E-state index contributed by atoms with van der Waals surface area (Å²) in [6, 6.07) is 13.9. The van der Waals surface area contributed by atoms with Crippen molar-refractivity contribution in [2.45, 2.75) is 25.4 Å². The Morgan fingerprint density at radius 3 is 2.21 bits per heavy atom. The first-order valence-corrected chi connectivity index (χ1v) is 7.78. The molecule has 100 valence electrons. The zero-order chi connectivity index (χ0) is 13.8. The quantitative estimate of drug-likeness (QED) is 0.868. The van der Waals surface area contributed by atoms with Gasteiger partial charge in [-0.05, 0) is 37.1 Å². The molecule has 0 spiro atoms. The van der Waals surface area contributed by atoms with Gasteiger partial charge in [0.1, 0.15) is 0 Å². The number of nitrogen functional groups attached to an aromatic ring is 1. The lowest BCUT2D eigenvalue weighted by Crippen LogP contribution is -2.00. The number of benzene rings is 2. The summed E-state index contributed by atoms with van der Waals surface area (Å²) >= 11 is 0. The van der Waals surface area contributed by atoms with Gasteiger partial charge in [-0.25, -0.2) is 0 Å². The van der Waals surface area contributed by atoms with E-state index in [1.807, 2.05) is 24.3 Å². The first kappa shape index (κ1) is 13.8. The second kappa shape index (κ2) is 6.02. The molecule has 0 amide bonds. The van der Waals surface area contributed by atoms with E-state index in [0.717, 1.165) is 16.8 Å². The summed E-state index contributed by atoms with van der Waals surface area (Å²) in [7, 11) is -0.902. The van der Waals surface area contributed by atoms with E-state index in [9.17, 15) is 4.21 Å². The van der Waals surface area contributed by atoms with E-state index in [-0.39, 0.29) is 0 Å². The van der Waals surface area contributed by atoms with Crippen molar-refractivity contribution in [3.05, 3.63) is 64.7 Å². The Kier molecular flexibility index (Phi) is 4.38. The fraction of sp³-hybridized carbons (Fsp3) is 0.250. The van der Waals surface area contributed by atoms with Crippen LogP contribution in [0.2, 0.25) is 0 Å². The van der Waals surface area contributed by atoms with Gasteiger partial charge in [0, 0.05) is 28.0 Å². The van der Waals surface area contributed by atoms with Crippen LogP contribution in [0.25, 0.3) is 0 Å². The van der Waals surface area contributed by atoms with Gasteiger partial charge in [-0.15, -0.1) is 0 Å². The summed E-state index contributed by atoms with van der Waals surface area (Å²) in [5, 5.41) is 0. The molecular formula is C16H19NOS. The molecular weight excluding hydrogens is 254 g/mol. The van der Waals surface area contributed by atoms with Gasteiger partial charge in [0.05, 0.1) is 0 Å². The van der Waals surface area contributed by atoms with Crippen molar-refractivity contribution in [3.63, 3.8) is 0 Å². The van der Waals surface area contributed by atoms with Gasteiger partial charge in [-0.1, -0.05) is 41.5 Å². The average molecular weight is 273 g/mol. The molecule has 0 aromatic heterocycles. The van der Waals surface area contributed by atoms with Crippen molar-refractivity contribution < 1.29 is 4.21 Å². The summed E-state index contributed by atoms with van der Waals surface area (Å²) in [5.74, 6) is 1.15. The highest BCUT2D eigenvalue weighted by molar-refractivity contribution is 7.83. The third-order valence-electron chi connectivity index (χ3n) is 2.89. The molecule has 0 saturated heterocycles. The predicted molar refractivity (Wildman–Crippen MR) is 82.3 cm³/mol. The maximum Gasteiger partial charge on any atom is 0.0489 e. The highest BCUT2D eigenvalue weighted by atomic mass is 32.2. The van der Waals surface area contributed by atoms with Crippen molar-refractivity contribution in [3.8, 4) is 0 Å². The number of hydrogen-bond donors (Lipinski definition) is 1. The van der Waals surface area contributed by atoms with Gasteiger partial charge >= 0.3 is 0 Å². The average Bonchev–Trinajstić information content (AvgIpc) is 2.26. The molecule has 0 radical (unpaired) electrons. The molecule has 2 N–H and O–H groups in total. The van der Waals surface area contributed by atoms with Crippen LogP contribution in [0.5, 0.6) is 0 Å². The Morgan fingerprint density at radius 2 is 1.58 bits per heavy atom. The number of aryl methyl sites for hydroxylation is 2. The molecule has 3 heteroatoms. The van der Waals surface area contributed by atoms with Crippen LogP contribution in [0.3, 0.4) is 0 Å². The second-order valence-electron chi connectivity index (χ2n) is 4.97. The van der Waals surface area contributed by atoms with E-state index in [2.05, 4.69) is 32.0 Å². The Bertz CT molecular complexity index is 587. The summed E-state index contributed by atoms with van der Waals surface area (Å²) in [6.07, 6.45) is 0. The Balaban J connectivity index is 2.05. The maximum atomic E-state index is 12.2. The van der Waals surface area contributed by atoms with Gasteiger partial charge in [-0.3, -0.25) is 4.21 Å².